The van der Waals surface area contributed by atoms with Gasteiger partial charge in [-0.05, 0) is 38.0 Å². The molecule has 2 unspecified atom stereocenters. The van der Waals surface area contributed by atoms with Crippen LogP contribution in [0.3, 0.4) is 0 Å². The molecule has 0 N–H and O–H groups in total. The van der Waals surface area contributed by atoms with E-state index in [0.29, 0.717) is 5.60 Å². The van der Waals surface area contributed by atoms with Gasteiger partial charge in [-0.25, -0.2) is 0 Å². The Morgan fingerprint density at radius 3 is 2.50 bits per heavy atom. The van der Waals surface area contributed by atoms with E-state index >= 15 is 0 Å². The van der Waals surface area contributed by atoms with Crippen molar-refractivity contribution in [3.8, 4) is 0 Å². The quantitative estimate of drug-likeness (QED) is 0.502. The summed E-state index contributed by atoms with van der Waals surface area (Å²) < 4.78 is 5.81. The molecular weight excluding hydrogens is 124 g/mol. The van der Waals surface area contributed by atoms with E-state index in [4.69, 9.17) is 4.74 Å². The van der Waals surface area contributed by atoms with E-state index in [-0.39, 0.29) is 0 Å². The lowest BCUT2D eigenvalue weighted by atomic mass is 9.67. The van der Waals surface area contributed by atoms with Crippen LogP contribution in [0.2, 0.25) is 0 Å². The first kappa shape index (κ1) is 6.66. The minimum absolute atomic E-state index is 0.359. The highest BCUT2D eigenvalue weighted by Crippen LogP contribution is 2.46. The van der Waals surface area contributed by atoms with E-state index in [2.05, 4.69) is 6.92 Å². The third-order valence-electron chi connectivity index (χ3n) is 3.28. The molecule has 58 valence electrons. The van der Waals surface area contributed by atoms with Crippen LogP contribution in [0.4, 0.5) is 0 Å². The van der Waals surface area contributed by atoms with Crippen molar-refractivity contribution in [3.05, 3.63) is 0 Å². The Kier molecular flexibility index (Phi) is 1.48. The number of ether oxygens (including phenoxy) is 1. The maximum absolute atomic E-state index is 5.81. The van der Waals surface area contributed by atoms with E-state index in [1.165, 1.54) is 32.1 Å². The van der Waals surface area contributed by atoms with Gasteiger partial charge in [0.1, 0.15) is 0 Å². The van der Waals surface area contributed by atoms with Gasteiger partial charge < -0.3 is 4.74 Å². The predicted molar refractivity (Wildman–Crippen MR) is 40.9 cm³/mol. The summed E-state index contributed by atoms with van der Waals surface area (Å²) in [6, 6.07) is 0. The smallest absolute Gasteiger partial charge is 0.0708 e. The van der Waals surface area contributed by atoms with Crippen molar-refractivity contribution in [1.82, 2.24) is 0 Å². The van der Waals surface area contributed by atoms with Crippen LogP contribution >= 0.6 is 0 Å². The molecule has 1 aliphatic carbocycles. The number of rotatable bonds is 0. The predicted octanol–water partition coefficient (Wildman–Crippen LogP) is 2.36. The summed E-state index contributed by atoms with van der Waals surface area (Å²) in [5.41, 5.74) is 0.359. The molecule has 0 aromatic rings. The van der Waals surface area contributed by atoms with Gasteiger partial charge >= 0.3 is 0 Å². The minimum Gasteiger partial charge on any atom is -0.375 e. The summed E-state index contributed by atoms with van der Waals surface area (Å²) in [7, 11) is 0. The van der Waals surface area contributed by atoms with E-state index in [0.717, 1.165) is 12.5 Å². The second-order valence-electron chi connectivity index (χ2n) is 3.81. The molecule has 1 nitrogen and oxygen atoms in total. The van der Waals surface area contributed by atoms with Crippen LogP contribution in [0.15, 0.2) is 0 Å². The van der Waals surface area contributed by atoms with Gasteiger partial charge in [-0.15, -0.1) is 0 Å². The third kappa shape index (κ3) is 0.800. The van der Waals surface area contributed by atoms with Crippen molar-refractivity contribution in [2.24, 2.45) is 5.92 Å². The fraction of sp³-hybridized carbons (Fsp3) is 1.00. The molecule has 0 aromatic carbocycles. The van der Waals surface area contributed by atoms with Gasteiger partial charge in [0.2, 0.25) is 0 Å². The standard InChI is InChI=1S/C9H16O/c1-8-4-6-9(8)5-2-3-7-10-9/h8H,2-7H2,1H3. The molecule has 1 heteroatoms. The Morgan fingerprint density at radius 1 is 1.30 bits per heavy atom. The molecule has 1 aliphatic heterocycles. The van der Waals surface area contributed by atoms with Crippen LogP contribution in [-0.4, -0.2) is 12.2 Å². The van der Waals surface area contributed by atoms with E-state index < -0.39 is 0 Å². The van der Waals surface area contributed by atoms with Crippen molar-refractivity contribution < 1.29 is 4.74 Å². The highest BCUT2D eigenvalue weighted by molar-refractivity contribution is 4.96. The first-order valence-electron chi connectivity index (χ1n) is 4.47. The van der Waals surface area contributed by atoms with Gasteiger partial charge in [0.15, 0.2) is 0 Å². The van der Waals surface area contributed by atoms with Crippen molar-refractivity contribution in [2.75, 3.05) is 6.61 Å². The molecule has 2 fully saturated rings. The average molecular weight is 140 g/mol. The Hall–Kier alpha value is -0.0400. The zero-order chi connectivity index (χ0) is 7.03. The summed E-state index contributed by atoms with van der Waals surface area (Å²) in [5, 5.41) is 0. The largest absolute Gasteiger partial charge is 0.375 e. The molecule has 0 amide bonds. The monoisotopic (exact) mass is 140 g/mol. The fourth-order valence-electron chi connectivity index (χ4n) is 2.21. The first-order chi connectivity index (χ1) is 4.83. The summed E-state index contributed by atoms with van der Waals surface area (Å²) in [6.07, 6.45) is 6.72. The zero-order valence-electron chi connectivity index (χ0n) is 6.73. The maximum Gasteiger partial charge on any atom is 0.0708 e. The van der Waals surface area contributed by atoms with Gasteiger partial charge in [0.25, 0.3) is 0 Å². The SMILES string of the molecule is CC1CCC12CCCCO2. The van der Waals surface area contributed by atoms with Crippen LogP contribution in [0.1, 0.15) is 39.0 Å². The molecule has 0 aromatic heterocycles. The highest BCUT2D eigenvalue weighted by atomic mass is 16.5. The normalized spacial score (nSPS) is 47.1. The molecule has 2 atom stereocenters. The van der Waals surface area contributed by atoms with E-state index in [9.17, 15) is 0 Å². The van der Waals surface area contributed by atoms with E-state index in [1.54, 1.807) is 0 Å². The van der Waals surface area contributed by atoms with Gasteiger partial charge in [-0.1, -0.05) is 6.92 Å². The molecule has 0 bridgehead atoms. The first-order valence-corrected chi connectivity index (χ1v) is 4.47. The Morgan fingerprint density at radius 2 is 2.20 bits per heavy atom. The molecule has 1 saturated heterocycles. The van der Waals surface area contributed by atoms with Crippen LogP contribution in [0.25, 0.3) is 0 Å². The van der Waals surface area contributed by atoms with Crippen LogP contribution in [0.5, 0.6) is 0 Å². The molecule has 2 aliphatic rings. The van der Waals surface area contributed by atoms with Crippen molar-refractivity contribution in [2.45, 2.75) is 44.6 Å². The Bertz CT molecular complexity index is 125. The molecule has 2 rings (SSSR count). The Labute approximate surface area is 62.8 Å². The second-order valence-corrected chi connectivity index (χ2v) is 3.81. The fourth-order valence-corrected chi connectivity index (χ4v) is 2.21. The third-order valence-corrected chi connectivity index (χ3v) is 3.28. The second kappa shape index (κ2) is 2.23. The summed E-state index contributed by atoms with van der Waals surface area (Å²) in [4.78, 5) is 0. The lowest BCUT2D eigenvalue weighted by molar-refractivity contribution is -0.164. The minimum atomic E-state index is 0.359. The topological polar surface area (TPSA) is 9.23 Å². The summed E-state index contributed by atoms with van der Waals surface area (Å²) in [5.74, 6) is 0.841. The molecule has 10 heavy (non-hydrogen) atoms. The number of hydrogen-bond acceptors (Lipinski definition) is 1. The van der Waals surface area contributed by atoms with Crippen LogP contribution in [0, 0.1) is 5.92 Å². The summed E-state index contributed by atoms with van der Waals surface area (Å²) >= 11 is 0. The lowest BCUT2D eigenvalue weighted by Gasteiger charge is -2.50. The Balaban J connectivity index is 1.99. The molecule has 1 spiro atoms. The van der Waals surface area contributed by atoms with Crippen molar-refractivity contribution >= 4 is 0 Å². The molecule has 0 radical (unpaired) electrons. The van der Waals surface area contributed by atoms with Crippen LogP contribution in [-0.2, 0) is 4.74 Å². The number of hydrogen-bond donors (Lipinski definition) is 0. The van der Waals surface area contributed by atoms with Crippen molar-refractivity contribution in [1.29, 1.82) is 0 Å². The van der Waals surface area contributed by atoms with Gasteiger partial charge in [-0.3, -0.25) is 0 Å². The lowest BCUT2D eigenvalue weighted by Crippen LogP contribution is -2.49. The molecule has 1 saturated carbocycles. The van der Waals surface area contributed by atoms with Gasteiger partial charge in [0.05, 0.1) is 5.60 Å². The molecule has 1 heterocycles. The highest BCUT2D eigenvalue weighted by Gasteiger charge is 2.45. The van der Waals surface area contributed by atoms with E-state index in [1.807, 2.05) is 0 Å². The van der Waals surface area contributed by atoms with Crippen LogP contribution < -0.4 is 0 Å². The zero-order valence-corrected chi connectivity index (χ0v) is 6.73. The maximum atomic E-state index is 5.81. The van der Waals surface area contributed by atoms with Crippen molar-refractivity contribution in [3.63, 3.8) is 0 Å². The summed E-state index contributed by atoms with van der Waals surface area (Å²) in [6.45, 7) is 3.35. The molecular formula is C9H16O. The average Bonchev–Trinajstić information content (AvgIpc) is 2.04. The van der Waals surface area contributed by atoms with Gasteiger partial charge in [-0.2, -0.15) is 0 Å². The van der Waals surface area contributed by atoms with Gasteiger partial charge in [0, 0.05) is 6.61 Å².